The molecule has 0 saturated heterocycles. The lowest BCUT2D eigenvalue weighted by atomic mass is 9.84. The second-order valence-electron chi connectivity index (χ2n) is 8.10. The highest BCUT2D eigenvalue weighted by Gasteiger charge is 2.16. The van der Waals surface area contributed by atoms with Crippen molar-refractivity contribution >= 4 is 36.1 Å². The standard InChI is InChI=1S/C24H30N4O2S2/c1-16-7-3-8-17(2)22(16)18(9-4-13-21(29)30)10-6-14-25-19-11-5-12-20(15-19)28-23(31)26-27-24(28)32/h3,5,7-8,11-12,15,18,25H,4,6,9-10,13-14H2,1-2H3,(H,26,31)(H,27,32)(H,29,30). The molecule has 1 aromatic heterocycles. The van der Waals surface area contributed by atoms with Gasteiger partial charge in [0.2, 0.25) is 0 Å². The van der Waals surface area contributed by atoms with E-state index in [-0.39, 0.29) is 6.42 Å². The third-order valence-electron chi connectivity index (χ3n) is 5.74. The number of rotatable bonds is 11. The van der Waals surface area contributed by atoms with Gasteiger partial charge in [-0.2, -0.15) is 0 Å². The zero-order chi connectivity index (χ0) is 23.1. The topological polar surface area (TPSA) is 85.8 Å². The molecule has 1 heterocycles. The van der Waals surface area contributed by atoms with Crippen molar-refractivity contribution in [3.63, 3.8) is 0 Å². The summed E-state index contributed by atoms with van der Waals surface area (Å²) in [6.45, 7) is 5.12. The minimum atomic E-state index is -0.728. The Balaban J connectivity index is 1.64. The van der Waals surface area contributed by atoms with Gasteiger partial charge in [-0.25, -0.2) is 0 Å². The summed E-state index contributed by atoms with van der Waals surface area (Å²) in [6, 6.07) is 14.4. The Morgan fingerprint density at radius 1 is 1.03 bits per heavy atom. The molecule has 6 nitrogen and oxygen atoms in total. The number of aryl methyl sites for hydroxylation is 2. The molecule has 8 heteroatoms. The third-order valence-corrected chi connectivity index (χ3v) is 6.31. The summed E-state index contributed by atoms with van der Waals surface area (Å²) in [5, 5.41) is 18.3. The van der Waals surface area contributed by atoms with E-state index in [0.29, 0.717) is 21.9 Å². The number of carbonyl (C=O) groups is 1. The fourth-order valence-corrected chi connectivity index (χ4v) is 4.84. The number of hydrogen-bond acceptors (Lipinski definition) is 4. The summed E-state index contributed by atoms with van der Waals surface area (Å²) in [5.41, 5.74) is 5.85. The molecular formula is C24H30N4O2S2. The quantitative estimate of drug-likeness (QED) is 0.191. The number of aromatic amines is 2. The minimum absolute atomic E-state index is 0.219. The van der Waals surface area contributed by atoms with Crippen molar-refractivity contribution in [2.24, 2.45) is 0 Å². The molecule has 0 radical (unpaired) electrons. The molecular weight excluding hydrogens is 440 g/mol. The van der Waals surface area contributed by atoms with Crippen LogP contribution in [0.5, 0.6) is 0 Å². The Morgan fingerprint density at radius 3 is 2.31 bits per heavy atom. The zero-order valence-electron chi connectivity index (χ0n) is 18.5. The summed E-state index contributed by atoms with van der Waals surface area (Å²) < 4.78 is 2.85. The number of carboxylic acid groups (broad SMARTS) is 1. The van der Waals surface area contributed by atoms with E-state index in [0.717, 1.165) is 37.2 Å². The largest absolute Gasteiger partial charge is 0.481 e. The van der Waals surface area contributed by atoms with Gasteiger partial charge in [0, 0.05) is 18.7 Å². The third kappa shape index (κ3) is 6.17. The molecule has 0 spiro atoms. The molecule has 0 amide bonds. The van der Waals surface area contributed by atoms with Crippen LogP contribution >= 0.6 is 24.4 Å². The van der Waals surface area contributed by atoms with Crippen LogP contribution in [0, 0.1) is 23.4 Å². The Morgan fingerprint density at radius 2 is 1.66 bits per heavy atom. The van der Waals surface area contributed by atoms with Gasteiger partial charge < -0.3 is 10.4 Å². The lowest BCUT2D eigenvalue weighted by Gasteiger charge is -2.22. The first kappa shape index (κ1) is 23.9. The van der Waals surface area contributed by atoms with E-state index in [1.807, 2.05) is 24.3 Å². The molecule has 0 bridgehead atoms. The Hall–Kier alpha value is -2.71. The number of hydrogen-bond donors (Lipinski definition) is 4. The molecule has 0 aliphatic rings. The van der Waals surface area contributed by atoms with Gasteiger partial charge in [0.05, 0.1) is 5.69 Å². The lowest BCUT2D eigenvalue weighted by Crippen LogP contribution is -2.09. The summed E-state index contributed by atoms with van der Waals surface area (Å²) in [6.07, 6.45) is 3.79. The van der Waals surface area contributed by atoms with Crippen LogP contribution in [0.1, 0.15) is 54.7 Å². The van der Waals surface area contributed by atoms with Crippen molar-refractivity contribution in [2.45, 2.75) is 51.9 Å². The van der Waals surface area contributed by atoms with Gasteiger partial charge in [-0.1, -0.05) is 24.3 Å². The van der Waals surface area contributed by atoms with Gasteiger partial charge in [-0.15, -0.1) is 0 Å². The molecule has 32 heavy (non-hydrogen) atoms. The first-order valence-corrected chi connectivity index (χ1v) is 11.7. The van der Waals surface area contributed by atoms with Crippen LogP contribution in [0.15, 0.2) is 42.5 Å². The van der Waals surface area contributed by atoms with E-state index in [9.17, 15) is 4.79 Å². The van der Waals surface area contributed by atoms with E-state index in [1.54, 1.807) is 4.57 Å². The van der Waals surface area contributed by atoms with Gasteiger partial charge in [0.25, 0.3) is 0 Å². The van der Waals surface area contributed by atoms with Crippen LogP contribution in [-0.4, -0.2) is 32.4 Å². The van der Waals surface area contributed by atoms with Crippen molar-refractivity contribution in [3.05, 3.63) is 68.7 Å². The molecule has 0 aliphatic carbocycles. The maximum Gasteiger partial charge on any atom is 0.303 e. The van der Waals surface area contributed by atoms with Gasteiger partial charge in [0.1, 0.15) is 0 Å². The average molecular weight is 471 g/mol. The predicted octanol–water partition coefficient (Wildman–Crippen LogP) is 6.44. The van der Waals surface area contributed by atoms with Crippen molar-refractivity contribution < 1.29 is 9.90 Å². The highest BCUT2D eigenvalue weighted by molar-refractivity contribution is 7.72. The summed E-state index contributed by atoms with van der Waals surface area (Å²) in [4.78, 5) is 11.0. The summed E-state index contributed by atoms with van der Waals surface area (Å²) in [5.74, 6) is -0.366. The monoisotopic (exact) mass is 470 g/mol. The molecule has 170 valence electrons. The van der Waals surface area contributed by atoms with Crippen molar-refractivity contribution in [1.82, 2.24) is 14.8 Å². The summed E-state index contributed by atoms with van der Waals surface area (Å²) in [7, 11) is 0. The van der Waals surface area contributed by atoms with Crippen molar-refractivity contribution in [2.75, 3.05) is 11.9 Å². The Kier molecular flexibility index (Phi) is 8.41. The molecule has 1 atom stereocenters. The first-order chi connectivity index (χ1) is 15.4. The highest BCUT2D eigenvalue weighted by Crippen LogP contribution is 2.32. The normalized spacial score (nSPS) is 11.9. The van der Waals surface area contributed by atoms with Gasteiger partial charge in [-0.05, 0) is 105 Å². The molecule has 0 fully saturated rings. The number of carboxylic acids is 1. The van der Waals surface area contributed by atoms with E-state index in [1.165, 1.54) is 16.7 Å². The van der Waals surface area contributed by atoms with Crippen LogP contribution in [0.25, 0.3) is 5.69 Å². The number of anilines is 1. The number of nitrogens with zero attached hydrogens (tertiary/aromatic N) is 1. The van der Waals surface area contributed by atoms with Crippen molar-refractivity contribution in [1.29, 1.82) is 0 Å². The number of aliphatic carboxylic acids is 1. The molecule has 2 aromatic carbocycles. The predicted molar refractivity (Wildman–Crippen MR) is 134 cm³/mol. The first-order valence-electron chi connectivity index (χ1n) is 10.9. The van der Waals surface area contributed by atoms with Crippen LogP contribution < -0.4 is 5.32 Å². The smallest absolute Gasteiger partial charge is 0.303 e. The van der Waals surface area contributed by atoms with Gasteiger partial charge >= 0.3 is 5.97 Å². The van der Waals surface area contributed by atoms with Gasteiger partial charge in [-0.3, -0.25) is 19.6 Å². The van der Waals surface area contributed by atoms with Crippen molar-refractivity contribution in [3.8, 4) is 5.69 Å². The molecule has 0 aliphatic heterocycles. The molecule has 3 rings (SSSR count). The molecule has 4 N–H and O–H groups in total. The average Bonchev–Trinajstić information content (AvgIpc) is 3.08. The Labute approximate surface area is 198 Å². The van der Waals surface area contributed by atoms with Crippen LogP contribution in [0.4, 0.5) is 5.69 Å². The fourth-order valence-electron chi connectivity index (χ4n) is 4.29. The van der Waals surface area contributed by atoms with E-state index in [2.05, 4.69) is 47.6 Å². The van der Waals surface area contributed by atoms with Crippen LogP contribution in [0.2, 0.25) is 0 Å². The van der Waals surface area contributed by atoms with Crippen LogP contribution in [-0.2, 0) is 4.79 Å². The number of H-pyrrole nitrogens is 2. The Bertz CT molecular complexity index is 1130. The number of nitrogens with one attached hydrogen (secondary N) is 3. The van der Waals surface area contributed by atoms with Crippen LogP contribution in [0.3, 0.4) is 0 Å². The lowest BCUT2D eigenvalue weighted by molar-refractivity contribution is -0.137. The maximum absolute atomic E-state index is 11.0. The fraction of sp³-hybridized carbons (Fsp3) is 0.375. The maximum atomic E-state index is 11.0. The van der Waals surface area contributed by atoms with E-state index in [4.69, 9.17) is 29.5 Å². The SMILES string of the molecule is Cc1cccc(C)c1C(CCCNc1cccc(-n2c(=S)[nH][nH]c2=S)c1)CCCC(=O)O. The highest BCUT2D eigenvalue weighted by atomic mass is 32.1. The minimum Gasteiger partial charge on any atom is -0.481 e. The molecule has 1 unspecified atom stereocenters. The second kappa shape index (κ2) is 11.2. The van der Waals surface area contributed by atoms with E-state index < -0.39 is 5.97 Å². The summed E-state index contributed by atoms with van der Waals surface area (Å²) >= 11 is 10.6. The molecule has 3 aromatic rings. The van der Waals surface area contributed by atoms with Gasteiger partial charge in [0.15, 0.2) is 9.54 Å². The number of aromatic nitrogens is 3. The zero-order valence-corrected chi connectivity index (χ0v) is 20.1. The second-order valence-corrected chi connectivity index (χ2v) is 8.88. The van der Waals surface area contributed by atoms with E-state index >= 15 is 0 Å². The molecule has 0 saturated carbocycles. The number of benzene rings is 2.